The summed E-state index contributed by atoms with van der Waals surface area (Å²) in [6, 6.07) is 16.2. The minimum absolute atomic E-state index is 0.00101. The lowest BCUT2D eigenvalue weighted by Crippen LogP contribution is -2.46. The van der Waals surface area contributed by atoms with E-state index >= 15 is 0 Å². The second-order valence-corrected chi connectivity index (χ2v) is 18.9. The zero-order chi connectivity index (χ0) is 42.3. The molecule has 0 saturated heterocycles. The molecule has 2 amide bonds. The minimum Gasteiger partial charge on any atom is -0.393 e. The van der Waals surface area contributed by atoms with Gasteiger partial charge in [-0.05, 0) is 172 Å². The second-order valence-electron chi connectivity index (χ2n) is 18.9. The van der Waals surface area contributed by atoms with Gasteiger partial charge in [0.1, 0.15) is 12.5 Å². The fourth-order valence-electron chi connectivity index (χ4n) is 10.9. The Morgan fingerprint density at radius 3 is 1.19 bits per heavy atom. The monoisotopic (exact) mass is 810 g/mol. The molecule has 0 heterocycles. The average Bonchev–Trinajstić information content (AvgIpc) is 3.24. The fraction of sp³-hybridized carbons (Fsp3) is 0.652. The summed E-state index contributed by atoms with van der Waals surface area (Å²) < 4.78 is 12.0. The Hall–Kier alpha value is -4.10. The van der Waals surface area contributed by atoms with Gasteiger partial charge in [-0.25, -0.2) is 0 Å². The van der Waals surface area contributed by atoms with Crippen molar-refractivity contribution in [3.8, 4) is 0 Å². The maximum absolute atomic E-state index is 13.6. The Morgan fingerprint density at radius 2 is 0.898 bits per heavy atom. The Balaban J connectivity index is 1.06. The number of nitrogens with two attached hydrogens (primary N) is 4. The van der Waals surface area contributed by atoms with Crippen LogP contribution in [0.15, 0.2) is 58.5 Å². The Kier molecular flexibility index (Phi) is 14.4. The van der Waals surface area contributed by atoms with Crippen LogP contribution in [0, 0.1) is 22.7 Å². The lowest BCUT2D eigenvalue weighted by atomic mass is 9.49. The molecule has 2 atom stereocenters. The van der Waals surface area contributed by atoms with Crippen molar-refractivity contribution in [1.82, 2.24) is 10.6 Å². The van der Waals surface area contributed by atoms with Crippen LogP contribution in [0.1, 0.15) is 162 Å². The third-order valence-electron chi connectivity index (χ3n) is 15.4. The van der Waals surface area contributed by atoms with Crippen molar-refractivity contribution in [2.75, 3.05) is 13.1 Å². The van der Waals surface area contributed by atoms with Crippen molar-refractivity contribution < 1.29 is 18.9 Å². The highest BCUT2D eigenvalue weighted by Gasteiger charge is 2.51. The number of hydrogen-bond acceptors (Lipinski definition) is 6. The SMILES string of the molecule is CC(C)C12CCC(c3ccc(C(=O)NC(CCCN=C(N)N)O[B]OC(CCCN=C(N)N)NC(=O)c4ccc(C56CCC(C(C)C)(CC5)CC6)cc4)cc3)(CC1)CC2. The predicted molar refractivity (Wildman–Crippen MR) is 236 cm³/mol. The van der Waals surface area contributed by atoms with Crippen molar-refractivity contribution in [2.24, 2.45) is 55.6 Å². The van der Waals surface area contributed by atoms with Gasteiger partial charge in [-0.1, -0.05) is 52.0 Å². The summed E-state index contributed by atoms with van der Waals surface area (Å²) in [7, 11) is 1.19. The molecule has 2 aromatic carbocycles. The van der Waals surface area contributed by atoms with Gasteiger partial charge in [0, 0.05) is 24.2 Å². The van der Waals surface area contributed by atoms with Crippen molar-refractivity contribution in [1.29, 1.82) is 0 Å². The molecular weight excluding hydrogens is 739 g/mol. The molecule has 13 heteroatoms. The molecule has 6 saturated carbocycles. The van der Waals surface area contributed by atoms with Gasteiger partial charge in [-0.3, -0.25) is 19.6 Å². The normalized spacial score (nSPS) is 26.9. The Bertz CT molecular complexity index is 1610. The third kappa shape index (κ3) is 10.4. The first-order valence-corrected chi connectivity index (χ1v) is 22.3. The molecule has 4 bridgehead atoms. The van der Waals surface area contributed by atoms with E-state index in [-0.39, 0.29) is 34.6 Å². The maximum atomic E-state index is 13.6. The summed E-state index contributed by atoms with van der Waals surface area (Å²) >= 11 is 0. The first-order valence-electron chi connectivity index (χ1n) is 22.3. The van der Waals surface area contributed by atoms with Crippen LogP contribution in [0.25, 0.3) is 0 Å². The summed E-state index contributed by atoms with van der Waals surface area (Å²) in [5.41, 5.74) is 27.4. The quantitative estimate of drug-likeness (QED) is 0.0280. The molecule has 2 aromatic rings. The van der Waals surface area contributed by atoms with E-state index in [1.165, 1.54) is 95.9 Å². The highest BCUT2D eigenvalue weighted by molar-refractivity contribution is 6.18. The van der Waals surface area contributed by atoms with Gasteiger partial charge in [0.15, 0.2) is 11.9 Å². The molecule has 1 radical (unpaired) electrons. The average molecular weight is 810 g/mol. The number of nitrogens with one attached hydrogen (secondary N) is 2. The van der Waals surface area contributed by atoms with Gasteiger partial charge in [0.2, 0.25) is 0 Å². The van der Waals surface area contributed by atoms with E-state index in [9.17, 15) is 9.59 Å². The maximum Gasteiger partial charge on any atom is 0.491 e. The lowest BCUT2D eigenvalue weighted by molar-refractivity contribution is 0.00185. The number of rotatable bonds is 20. The molecule has 0 aromatic heterocycles. The first-order chi connectivity index (χ1) is 28.2. The van der Waals surface area contributed by atoms with Gasteiger partial charge < -0.3 is 42.9 Å². The Morgan fingerprint density at radius 1 is 0.576 bits per heavy atom. The topological polar surface area (TPSA) is 205 Å². The molecule has 6 aliphatic rings. The predicted octanol–water partition coefficient (Wildman–Crippen LogP) is 6.67. The zero-order valence-corrected chi connectivity index (χ0v) is 36.1. The van der Waals surface area contributed by atoms with Crippen molar-refractivity contribution in [3.05, 3.63) is 70.8 Å². The fourth-order valence-corrected chi connectivity index (χ4v) is 10.9. The van der Waals surface area contributed by atoms with Crippen LogP contribution in [0.4, 0.5) is 0 Å². The van der Waals surface area contributed by atoms with Crippen molar-refractivity contribution >= 4 is 31.4 Å². The van der Waals surface area contributed by atoms with E-state index in [2.05, 4.69) is 72.6 Å². The van der Waals surface area contributed by atoms with E-state index in [4.69, 9.17) is 32.2 Å². The van der Waals surface area contributed by atoms with Crippen LogP contribution in [0.5, 0.6) is 0 Å². The second kappa shape index (κ2) is 19.1. The molecule has 12 nitrogen and oxygen atoms in total. The van der Waals surface area contributed by atoms with Crippen LogP contribution in [0.2, 0.25) is 0 Å². The minimum atomic E-state index is -0.744. The van der Waals surface area contributed by atoms with Crippen LogP contribution in [-0.4, -0.2) is 57.0 Å². The largest absolute Gasteiger partial charge is 0.491 e. The van der Waals surface area contributed by atoms with E-state index < -0.39 is 12.5 Å². The molecule has 8 rings (SSSR count). The number of carbonyl (C=O) groups excluding carboxylic acids is 2. The van der Waals surface area contributed by atoms with Gasteiger partial charge in [-0.2, -0.15) is 0 Å². The number of aliphatic imine (C=N–C) groups is 2. The number of amides is 2. The number of guanidine groups is 2. The van der Waals surface area contributed by atoms with Gasteiger partial charge in [-0.15, -0.1) is 0 Å². The van der Waals surface area contributed by atoms with Gasteiger partial charge >= 0.3 is 7.69 Å². The standard InChI is InChI=1S/C46H70BN8O4/c1-31(2)43-17-23-45(24-18-43,25-19-43)35-13-9-33(10-14-35)39(56)54-37(7-5-29-52-41(48)49)58-47-59-38(8-6-30-53-42(50)51)55-40(57)34-11-15-36(16-12-34)46-26-20-44(21-27-46,22-28-46)32(3)4/h9-16,31-32,37-38H,5-8,17-30H2,1-4H3,(H,54,56)(H,55,57)(H4,48,49,52)(H4,50,51,53). The van der Waals surface area contributed by atoms with Crippen molar-refractivity contribution in [3.63, 3.8) is 0 Å². The zero-order valence-electron chi connectivity index (χ0n) is 36.1. The molecule has 0 aliphatic heterocycles. The Labute approximate surface area is 353 Å². The molecule has 2 unspecified atom stereocenters. The van der Waals surface area contributed by atoms with E-state index in [0.29, 0.717) is 72.6 Å². The van der Waals surface area contributed by atoms with E-state index in [1.54, 1.807) is 0 Å². The van der Waals surface area contributed by atoms with Crippen LogP contribution >= 0.6 is 0 Å². The number of benzene rings is 2. The molecule has 59 heavy (non-hydrogen) atoms. The highest BCUT2D eigenvalue weighted by atomic mass is 16.6. The number of hydrogen-bond donors (Lipinski definition) is 6. The third-order valence-corrected chi connectivity index (χ3v) is 15.4. The first kappa shape index (κ1) is 44.5. The summed E-state index contributed by atoms with van der Waals surface area (Å²) in [4.78, 5) is 35.3. The summed E-state index contributed by atoms with van der Waals surface area (Å²) in [5, 5.41) is 6.02. The smallest absolute Gasteiger partial charge is 0.393 e. The van der Waals surface area contributed by atoms with E-state index in [0.717, 1.165) is 0 Å². The molecular formula is C46H70BN8O4. The molecule has 0 spiro atoms. The lowest BCUT2D eigenvalue weighted by Gasteiger charge is -2.56. The summed E-state index contributed by atoms with van der Waals surface area (Å²) in [6.07, 6.45) is 15.3. The molecule has 321 valence electrons. The number of fused-ring (bicyclic) bond motifs is 6. The van der Waals surface area contributed by atoms with Gasteiger partial charge in [0.05, 0.1) is 0 Å². The number of nitrogens with zero attached hydrogens (tertiary/aromatic N) is 2. The molecule has 6 aliphatic carbocycles. The van der Waals surface area contributed by atoms with Crippen LogP contribution in [-0.2, 0) is 20.1 Å². The van der Waals surface area contributed by atoms with Crippen LogP contribution in [0.3, 0.4) is 0 Å². The highest BCUT2D eigenvalue weighted by Crippen LogP contribution is 2.61. The molecule has 10 N–H and O–H groups in total. The molecule has 6 fully saturated rings. The van der Waals surface area contributed by atoms with Crippen molar-refractivity contribution in [2.45, 2.75) is 154 Å². The summed E-state index contributed by atoms with van der Waals surface area (Å²) in [6.45, 7) is 10.2. The number of carbonyl (C=O) groups is 2. The summed E-state index contributed by atoms with van der Waals surface area (Å²) in [5.74, 6) is 0.914. The van der Waals surface area contributed by atoms with E-state index in [1.807, 2.05) is 24.3 Å². The van der Waals surface area contributed by atoms with Gasteiger partial charge in [0.25, 0.3) is 11.8 Å². The van der Waals surface area contributed by atoms with Crippen LogP contribution < -0.4 is 33.6 Å².